The van der Waals surface area contributed by atoms with Gasteiger partial charge in [-0.2, -0.15) is 13.2 Å². The second-order valence-corrected chi connectivity index (χ2v) is 6.00. The number of rotatable bonds is 5. The second-order valence-electron chi connectivity index (χ2n) is 4.32. The van der Waals surface area contributed by atoms with Crippen LogP contribution in [0.15, 0.2) is 23.1 Å². The molecular weight excluding hydrogens is 315 g/mol. The molecule has 11 heteroatoms. The Kier molecular flexibility index (Phi) is 4.79. The van der Waals surface area contributed by atoms with Crippen molar-refractivity contribution in [2.75, 3.05) is 5.73 Å². The Hall–Kier alpha value is -1.88. The predicted molar refractivity (Wildman–Crippen MR) is 68.0 cm³/mol. The van der Waals surface area contributed by atoms with Crippen LogP contribution >= 0.6 is 0 Å². The number of anilines is 1. The zero-order valence-corrected chi connectivity index (χ0v) is 11.5. The maximum atomic E-state index is 12.2. The molecule has 118 valence electrons. The van der Waals surface area contributed by atoms with Gasteiger partial charge in [0.25, 0.3) is 5.69 Å². The summed E-state index contributed by atoms with van der Waals surface area (Å²) in [6.07, 6.45) is -5.92. The lowest BCUT2D eigenvalue weighted by Crippen LogP contribution is -2.36. The lowest BCUT2D eigenvalue weighted by Gasteiger charge is -2.16. The average Bonchev–Trinajstić information content (AvgIpc) is 2.24. The van der Waals surface area contributed by atoms with Crippen LogP contribution in [0, 0.1) is 10.1 Å². The molecule has 0 fully saturated rings. The number of alkyl halides is 3. The van der Waals surface area contributed by atoms with Gasteiger partial charge in [0, 0.05) is 18.2 Å². The zero-order chi connectivity index (χ0) is 16.4. The molecule has 7 nitrogen and oxygen atoms in total. The van der Waals surface area contributed by atoms with E-state index in [1.807, 2.05) is 0 Å². The Bertz CT molecular complexity index is 645. The summed E-state index contributed by atoms with van der Waals surface area (Å²) < 4.78 is 62.2. The Morgan fingerprint density at radius 1 is 1.43 bits per heavy atom. The number of nitro groups is 1. The zero-order valence-electron chi connectivity index (χ0n) is 10.7. The average molecular weight is 327 g/mol. The summed E-state index contributed by atoms with van der Waals surface area (Å²) in [6.45, 7) is 1.03. The molecule has 0 aromatic heterocycles. The number of nitro benzene ring substituents is 1. The minimum atomic E-state index is -4.55. The monoisotopic (exact) mass is 327 g/mol. The minimum Gasteiger partial charge on any atom is -0.398 e. The molecule has 0 aliphatic carbocycles. The molecule has 0 aliphatic heterocycles. The molecule has 1 aromatic carbocycles. The van der Waals surface area contributed by atoms with Crippen molar-refractivity contribution in [3.8, 4) is 0 Å². The molecule has 0 radical (unpaired) electrons. The van der Waals surface area contributed by atoms with Crippen LogP contribution in [0.2, 0.25) is 0 Å². The topological polar surface area (TPSA) is 115 Å². The molecule has 1 atom stereocenters. The largest absolute Gasteiger partial charge is 0.398 e. The fourth-order valence-electron chi connectivity index (χ4n) is 1.59. The van der Waals surface area contributed by atoms with Gasteiger partial charge in [-0.05, 0) is 13.0 Å². The molecule has 0 aliphatic rings. The van der Waals surface area contributed by atoms with Crippen molar-refractivity contribution < 1.29 is 26.5 Å². The number of nitrogens with zero attached hydrogens (tertiary/aromatic N) is 1. The first kappa shape index (κ1) is 17.2. The van der Waals surface area contributed by atoms with Crippen LogP contribution < -0.4 is 10.5 Å². The number of nitrogens with two attached hydrogens (primary N) is 1. The van der Waals surface area contributed by atoms with Crippen LogP contribution in [-0.4, -0.2) is 25.6 Å². The van der Waals surface area contributed by atoms with E-state index in [0.717, 1.165) is 19.1 Å². The van der Waals surface area contributed by atoms with Gasteiger partial charge in [0.15, 0.2) is 0 Å². The van der Waals surface area contributed by atoms with E-state index in [1.165, 1.54) is 0 Å². The SMILES string of the molecule is CC(CC(F)(F)F)NS(=O)(=O)c1cc([N+](=O)[O-])ccc1N. The number of nitrogen functional groups attached to an aromatic ring is 1. The molecular formula is C10H12F3N3O4S. The maximum Gasteiger partial charge on any atom is 0.390 e. The number of sulfonamides is 1. The van der Waals surface area contributed by atoms with Gasteiger partial charge in [-0.3, -0.25) is 10.1 Å². The van der Waals surface area contributed by atoms with E-state index >= 15 is 0 Å². The van der Waals surface area contributed by atoms with Crippen molar-refractivity contribution >= 4 is 21.4 Å². The Morgan fingerprint density at radius 3 is 2.48 bits per heavy atom. The highest BCUT2D eigenvalue weighted by atomic mass is 32.2. The van der Waals surface area contributed by atoms with E-state index in [-0.39, 0.29) is 5.69 Å². The molecule has 0 bridgehead atoms. The van der Waals surface area contributed by atoms with Crippen molar-refractivity contribution in [3.05, 3.63) is 28.3 Å². The first-order valence-electron chi connectivity index (χ1n) is 5.55. The number of hydrogen-bond acceptors (Lipinski definition) is 5. The molecule has 0 saturated carbocycles. The van der Waals surface area contributed by atoms with Gasteiger partial charge in [0.05, 0.1) is 17.0 Å². The number of halogens is 3. The Morgan fingerprint density at radius 2 is 2.00 bits per heavy atom. The lowest BCUT2D eigenvalue weighted by molar-refractivity contribution is -0.385. The maximum absolute atomic E-state index is 12.2. The normalized spacial score (nSPS) is 13.9. The van der Waals surface area contributed by atoms with Crippen LogP contribution in [0.5, 0.6) is 0 Å². The number of nitrogens with one attached hydrogen (secondary N) is 1. The predicted octanol–water partition coefficient (Wildman–Crippen LogP) is 1.80. The van der Waals surface area contributed by atoms with E-state index in [2.05, 4.69) is 0 Å². The summed E-state index contributed by atoms with van der Waals surface area (Å²) in [5.41, 5.74) is 4.58. The summed E-state index contributed by atoms with van der Waals surface area (Å²) in [7, 11) is -4.40. The first-order valence-corrected chi connectivity index (χ1v) is 7.03. The standard InChI is InChI=1S/C10H12F3N3O4S/c1-6(5-10(11,12)13)15-21(19,20)9-4-7(16(17)18)2-3-8(9)14/h2-4,6,15H,5,14H2,1H3. The van der Waals surface area contributed by atoms with Crippen LogP contribution in [0.25, 0.3) is 0 Å². The van der Waals surface area contributed by atoms with Crippen molar-refractivity contribution in [1.82, 2.24) is 4.72 Å². The Labute approximate surface area is 118 Å². The van der Waals surface area contributed by atoms with Crippen molar-refractivity contribution in [2.45, 2.75) is 30.5 Å². The molecule has 3 N–H and O–H groups in total. The van der Waals surface area contributed by atoms with E-state index in [1.54, 1.807) is 4.72 Å². The number of hydrogen-bond donors (Lipinski definition) is 2. The van der Waals surface area contributed by atoms with Gasteiger partial charge in [-0.25, -0.2) is 13.1 Å². The van der Waals surface area contributed by atoms with Crippen LogP contribution in [0.1, 0.15) is 13.3 Å². The first-order chi connectivity index (χ1) is 9.42. The van der Waals surface area contributed by atoms with Crippen molar-refractivity contribution in [3.63, 3.8) is 0 Å². The van der Waals surface area contributed by atoms with E-state index in [0.29, 0.717) is 6.07 Å². The molecule has 1 unspecified atom stereocenters. The van der Waals surface area contributed by atoms with Crippen LogP contribution in [-0.2, 0) is 10.0 Å². The van der Waals surface area contributed by atoms with E-state index in [9.17, 15) is 31.7 Å². The van der Waals surface area contributed by atoms with Gasteiger partial charge in [0.2, 0.25) is 10.0 Å². The van der Waals surface area contributed by atoms with Crippen molar-refractivity contribution in [2.24, 2.45) is 0 Å². The molecule has 1 aromatic rings. The quantitative estimate of drug-likeness (QED) is 0.486. The third-order valence-electron chi connectivity index (χ3n) is 2.39. The van der Waals surface area contributed by atoms with E-state index < -0.39 is 44.2 Å². The fourth-order valence-corrected chi connectivity index (χ4v) is 2.98. The van der Waals surface area contributed by atoms with Gasteiger partial charge >= 0.3 is 6.18 Å². The summed E-state index contributed by atoms with van der Waals surface area (Å²) in [5.74, 6) is 0. The number of non-ortho nitro benzene ring substituents is 1. The molecule has 1 rings (SSSR count). The highest BCUT2D eigenvalue weighted by Crippen LogP contribution is 2.26. The van der Waals surface area contributed by atoms with Gasteiger partial charge in [-0.15, -0.1) is 0 Å². The molecule has 0 spiro atoms. The third kappa shape index (κ3) is 4.86. The lowest BCUT2D eigenvalue weighted by atomic mass is 10.2. The summed E-state index contributed by atoms with van der Waals surface area (Å²) >= 11 is 0. The van der Waals surface area contributed by atoms with Crippen molar-refractivity contribution in [1.29, 1.82) is 0 Å². The second kappa shape index (κ2) is 5.85. The highest BCUT2D eigenvalue weighted by molar-refractivity contribution is 7.89. The molecule has 0 amide bonds. The molecule has 21 heavy (non-hydrogen) atoms. The molecule has 0 heterocycles. The van der Waals surface area contributed by atoms with Crippen LogP contribution in [0.3, 0.4) is 0 Å². The number of benzene rings is 1. The third-order valence-corrected chi connectivity index (χ3v) is 4.04. The van der Waals surface area contributed by atoms with E-state index in [4.69, 9.17) is 5.73 Å². The van der Waals surface area contributed by atoms with Crippen LogP contribution in [0.4, 0.5) is 24.5 Å². The van der Waals surface area contributed by atoms with Gasteiger partial charge < -0.3 is 5.73 Å². The Balaban J connectivity index is 3.08. The minimum absolute atomic E-state index is 0.299. The van der Waals surface area contributed by atoms with Gasteiger partial charge in [0.1, 0.15) is 4.90 Å². The summed E-state index contributed by atoms with van der Waals surface area (Å²) in [5, 5.41) is 10.6. The van der Waals surface area contributed by atoms with Gasteiger partial charge in [-0.1, -0.05) is 0 Å². The smallest absolute Gasteiger partial charge is 0.390 e. The fraction of sp³-hybridized carbons (Fsp3) is 0.400. The summed E-state index contributed by atoms with van der Waals surface area (Å²) in [4.78, 5) is 9.13. The molecule has 0 saturated heterocycles. The summed E-state index contributed by atoms with van der Waals surface area (Å²) in [6, 6.07) is 1.25. The highest BCUT2D eigenvalue weighted by Gasteiger charge is 2.32.